The van der Waals surface area contributed by atoms with E-state index in [-0.39, 0.29) is 0 Å². The van der Waals surface area contributed by atoms with E-state index in [1.807, 2.05) is 6.26 Å². The number of likely N-dealkylation sites (tertiary alicyclic amines) is 1. The zero-order valence-corrected chi connectivity index (χ0v) is 18.1. The van der Waals surface area contributed by atoms with Crippen LogP contribution in [0.4, 0.5) is 0 Å². The Morgan fingerprint density at radius 2 is 1.33 bits per heavy atom. The van der Waals surface area contributed by atoms with Crippen LogP contribution < -0.4 is 0 Å². The van der Waals surface area contributed by atoms with E-state index >= 15 is 0 Å². The Hall–Kier alpha value is -0.990. The maximum absolute atomic E-state index is 11.5. The van der Waals surface area contributed by atoms with Crippen molar-refractivity contribution in [3.05, 3.63) is 12.3 Å². The summed E-state index contributed by atoms with van der Waals surface area (Å²) in [5.74, 6) is 0.379. The van der Waals surface area contributed by atoms with Gasteiger partial charge in [0.15, 0.2) is 0 Å². The fraction of sp³-hybridized carbons (Fsp3) is 0.875. The second-order valence-electron chi connectivity index (χ2n) is 8.08. The number of rotatable bonds is 19. The van der Waals surface area contributed by atoms with Gasteiger partial charge in [0.05, 0.1) is 12.9 Å². The molecule has 0 saturated carbocycles. The van der Waals surface area contributed by atoms with Crippen molar-refractivity contribution in [3.8, 4) is 0 Å². The van der Waals surface area contributed by atoms with Crippen molar-refractivity contribution in [2.24, 2.45) is 0 Å². The van der Waals surface area contributed by atoms with Crippen molar-refractivity contribution in [3.63, 3.8) is 0 Å². The molecular weight excluding hydrogens is 334 g/mol. The van der Waals surface area contributed by atoms with Crippen LogP contribution in [0.2, 0.25) is 0 Å². The van der Waals surface area contributed by atoms with E-state index < -0.39 is 0 Å². The van der Waals surface area contributed by atoms with Crippen LogP contribution in [-0.4, -0.2) is 30.5 Å². The van der Waals surface area contributed by atoms with Gasteiger partial charge in [0, 0.05) is 19.5 Å². The highest BCUT2D eigenvalue weighted by atomic mass is 16.5. The molecule has 1 rings (SSSR count). The predicted molar refractivity (Wildman–Crippen MR) is 116 cm³/mol. The molecule has 1 aliphatic rings. The van der Waals surface area contributed by atoms with Gasteiger partial charge < -0.3 is 9.64 Å². The summed E-state index contributed by atoms with van der Waals surface area (Å²) in [5, 5.41) is 0. The molecule has 0 aromatic heterocycles. The van der Waals surface area contributed by atoms with Gasteiger partial charge >= 0.3 is 0 Å². The molecule has 27 heavy (non-hydrogen) atoms. The number of allylic oxidation sites excluding steroid dienone is 1. The summed E-state index contributed by atoms with van der Waals surface area (Å²) in [4.78, 5) is 13.6. The molecule has 3 heteroatoms. The predicted octanol–water partition coefficient (Wildman–Crippen LogP) is 7.01. The van der Waals surface area contributed by atoms with Crippen molar-refractivity contribution in [1.82, 2.24) is 4.90 Å². The van der Waals surface area contributed by atoms with Crippen molar-refractivity contribution in [1.29, 1.82) is 0 Å². The van der Waals surface area contributed by atoms with Crippen LogP contribution in [0.15, 0.2) is 12.3 Å². The van der Waals surface area contributed by atoms with Gasteiger partial charge in [-0.25, -0.2) is 0 Å². The average molecular weight is 380 g/mol. The molecule has 0 bridgehead atoms. The third-order valence-electron chi connectivity index (χ3n) is 5.54. The minimum Gasteiger partial charge on any atom is -0.502 e. The van der Waals surface area contributed by atoms with Gasteiger partial charge in [0.2, 0.25) is 5.91 Å². The van der Waals surface area contributed by atoms with Gasteiger partial charge in [0.1, 0.15) is 0 Å². The molecule has 1 aliphatic heterocycles. The number of hydrogen-bond acceptors (Lipinski definition) is 2. The second-order valence-corrected chi connectivity index (χ2v) is 8.08. The lowest BCUT2D eigenvalue weighted by Crippen LogP contribution is -2.25. The third-order valence-corrected chi connectivity index (χ3v) is 5.54. The molecule has 0 atom stereocenters. The van der Waals surface area contributed by atoms with Crippen LogP contribution in [0.5, 0.6) is 0 Å². The fourth-order valence-corrected chi connectivity index (χ4v) is 3.78. The molecule has 0 aromatic rings. The quantitative estimate of drug-likeness (QED) is 0.178. The van der Waals surface area contributed by atoms with E-state index in [0.717, 1.165) is 39.0 Å². The van der Waals surface area contributed by atoms with Gasteiger partial charge in [-0.2, -0.15) is 0 Å². The number of carbonyl (C=O) groups excluding carboxylic acids is 1. The third kappa shape index (κ3) is 14.7. The first-order valence-corrected chi connectivity index (χ1v) is 11.9. The lowest BCUT2D eigenvalue weighted by molar-refractivity contribution is -0.127. The molecule has 1 amide bonds. The highest BCUT2D eigenvalue weighted by Crippen LogP contribution is 2.14. The number of hydrogen-bond donors (Lipinski definition) is 0. The Bertz CT molecular complexity index is 367. The number of unbranched alkanes of at least 4 members (excludes halogenated alkanes) is 13. The zero-order chi connectivity index (χ0) is 19.4. The van der Waals surface area contributed by atoms with Crippen LogP contribution >= 0.6 is 0 Å². The number of ether oxygens (including phenoxy) is 1. The molecule has 0 unspecified atom stereocenters. The maximum Gasteiger partial charge on any atom is 0.222 e. The number of carbonyl (C=O) groups is 1. The summed E-state index contributed by atoms with van der Waals surface area (Å²) >= 11 is 0. The Morgan fingerprint density at radius 3 is 1.81 bits per heavy atom. The van der Waals surface area contributed by atoms with Crippen LogP contribution in [-0.2, 0) is 9.53 Å². The molecule has 0 aromatic carbocycles. The SMILES string of the molecule is CCC=COCCCCCCCCCCCCCCCCN1CCCC1=O. The molecule has 3 nitrogen and oxygen atoms in total. The Labute approximate surface area is 168 Å². The summed E-state index contributed by atoms with van der Waals surface area (Å²) in [5.41, 5.74) is 0. The molecule has 0 spiro atoms. The van der Waals surface area contributed by atoms with E-state index in [1.165, 1.54) is 89.9 Å². The van der Waals surface area contributed by atoms with Crippen LogP contribution in [0.25, 0.3) is 0 Å². The molecule has 158 valence electrons. The van der Waals surface area contributed by atoms with Gasteiger partial charge in [-0.3, -0.25) is 4.79 Å². The smallest absolute Gasteiger partial charge is 0.222 e. The molecule has 0 aliphatic carbocycles. The van der Waals surface area contributed by atoms with E-state index in [2.05, 4.69) is 17.9 Å². The molecule has 0 N–H and O–H groups in total. The summed E-state index contributed by atoms with van der Waals surface area (Å²) in [6.45, 7) is 5.01. The number of nitrogens with zero attached hydrogens (tertiary/aromatic N) is 1. The monoisotopic (exact) mass is 379 g/mol. The standard InChI is InChI=1S/C24H45NO2/c1-2-3-22-27-23-17-15-13-11-9-7-5-4-6-8-10-12-14-16-20-25-21-18-19-24(25)26/h3,22H,2,4-21,23H2,1H3. The summed E-state index contributed by atoms with van der Waals surface area (Å²) in [7, 11) is 0. The lowest BCUT2D eigenvalue weighted by atomic mass is 10.0. The highest BCUT2D eigenvalue weighted by Gasteiger charge is 2.18. The van der Waals surface area contributed by atoms with Gasteiger partial charge in [-0.1, -0.05) is 90.0 Å². The lowest BCUT2D eigenvalue weighted by Gasteiger charge is -2.14. The van der Waals surface area contributed by atoms with Gasteiger partial charge in [0.25, 0.3) is 0 Å². The largest absolute Gasteiger partial charge is 0.502 e. The maximum atomic E-state index is 11.5. The van der Waals surface area contributed by atoms with Crippen LogP contribution in [0.3, 0.4) is 0 Å². The molecule has 1 fully saturated rings. The van der Waals surface area contributed by atoms with Gasteiger partial charge in [-0.05, 0) is 25.7 Å². The number of amides is 1. The normalized spacial score (nSPS) is 14.6. The summed E-state index contributed by atoms with van der Waals surface area (Å²) < 4.78 is 5.42. The van der Waals surface area contributed by atoms with Crippen LogP contribution in [0, 0.1) is 0 Å². The Balaban J connectivity index is 1.67. The summed E-state index contributed by atoms with van der Waals surface area (Å²) in [6, 6.07) is 0. The van der Waals surface area contributed by atoms with E-state index in [4.69, 9.17) is 4.74 Å². The summed E-state index contributed by atoms with van der Waals surface area (Å²) in [6.07, 6.45) is 25.8. The highest BCUT2D eigenvalue weighted by molar-refractivity contribution is 5.77. The van der Waals surface area contributed by atoms with E-state index in [1.54, 1.807) is 0 Å². The van der Waals surface area contributed by atoms with Crippen molar-refractivity contribution in [2.75, 3.05) is 19.7 Å². The van der Waals surface area contributed by atoms with Crippen molar-refractivity contribution < 1.29 is 9.53 Å². The molecule has 1 heterocycles. The zero-order valence-electron chi connectivity index (χ0n) is 18.1. The molecular formula is C24H45NO2. The Kier molecular flexibility index (Phi) is 16.4. The topological polar surface area (TPSA) is 29.5 Å². The first-order chi connectivity index (χ1) is 13.3. The fourth-order valence-electron chi connectivity index (χ4n) is 3.78. The molecule has 0 radical (unpaired) electrons. The van der Waals surface area contributed by atoms with E-state index in [0.29, 0.717) is 5.91 Å². The average Bonchev–Trinajstić information content (AvgIpc) is 3.08. The molecule has 1 saturated heterocycles. The van der Waals surface area contributed by atoms with Gasteiger partial charge in [-0.15, -0.1) is 0 Å². The van der Waals surface area contributed by atoms with Crippen molar-refractivity contribution >= 4 is 5.91 Å². The van der Waals surface area contributed by atoms with Crippen molar-refractivity contribution in [2.45, 2.75) is 116 Å². The van der Waals surface area contributed by atoms with E-state index in [9.17, 15) is 4.79 Å². The minimum absolute atomic E-state index is 0.379. The Morgan fingerprint density at radius 1 is 0.815 bits per heavy atom. The minimum atomic E-state index is 0.379. The van der Waals surface area contributed by atoms with Crippen LogP contribution in [0.1, 0.15) is 116 Å². The first kappa shape index (κ1) is 24.0. The second kappa shape index (κ2) is 18.4. The first-order valence-electron chi connectivity index (χ1n) is 11.9.